The van der Waals surface area contributed by atoms with Gasteiger partial charge in [-0.1, -0.05) is 26.0 Å². The molecular formula is C18H25NO5. The number of hydrogen-bond acceptors (Lipinski definition) is 4. The van der Waals surface area contributed by atoms with Gasteiger partial charge in [-0.2, -0.15) is 0 Å². The summed E-state index contributed by atoms with van der Waals surface area (Å²) in [6.45, 7) is 5.48. The highest BCUT2D eigenvalue weighted by Gasteiger charge is 2.41. The van der Waals surface area contributed by atoms with Crippen LogP contribution in [0.15, 0.2) is 24.3 Å². The van der Waals surface area contributed by atoms with Crippen molar-refractivity contribution in [2.24, 2.45) is 5.92 Å². The molecule has 0 aliphatic carbocycles. The minimum atomic E-state index is -1.21. The van der Waals surface area contributed by atoms with Gasteiger partial charge in [0.05, 0.1) is 13.0 Å². The molecule has 1 saturated heterocycles. The highest BCUT2D eigenvalue weighted by molar-refractivity contribution is 5.88. The third kappa shape index (κ3) is 4.96. The Labute approximate surface area is 142 Å². The number of rotatable bonds is 7. The van der Waals surface area contributed by atoms with Crippen molar-refractivity contribution in [2.75, 3.05) is 19.8 Å². The first-order chi connectivity index (χ1) is 11.4. The number of carboxylic acid groups (broad SMARTS) is 1. The SMILES string of the molecule is CC(C)COc1ccc(CC(=O)NC2(C(=O)O)CCOCC2)cc1. The van der Waals surface area contributed by atoms with Crippen LogP contribution in [0.4, 0.5) is 0 Å². The first-order valence-electron chi connectivity index (χ1n) is 8.25. The number of carboxylic acids is 1. The summed E-state index contributed by atoms with van der Waals surface area (Å²) in [5, 5.41) is 12.1. The molecule has 1 aromatic rings. The minimum absolute atomic E-state index is 0.139. The third-order valence-corrected chi connectivity index (χ3v) is 4.01. The molecule has 1 amide bonds. The van der Waals surface area contributed by atoms with Crippen molar-refractivity contribution in [1.29, 1.82) is 0 Å². The highest BCUT2D eigenvalue weighted by atomic mass is 16.5. The molecule has 1 aliphatic heterocycles. The number of hydrogen-bond donors (Lipinski definition) is 2. The molecule has 1 heterocycles. The van der Waals surface area contributed by atoms with Gasteiger partial charge >= 0.3 is 5.97 Å². The smallest absolute Gasteiger partial charge is 0.329 e. The zero-order valence-electron chi connectivity index (χ0n) is 14.2. The second-order valence-electron chi connectivity index (χ2n) is 6.57. The van der Waals surface area contributed by atoms with Gasteiger partial charge in [0.2, 0.25) is 5.91 Å². The first-order valence-corrected chi connectivity index (χ1v) is 8.25. The molecule has 6 heteroatoms. The molecule has 24 heavy (non-hydrogen) atoms. The van der Waals surface area contributed by atoms with Gasteiger partial charge in [0, 0.05) is 26.1 Å². The van der Waals surface area contributed by atoms with Crippen LogP contribution < -0.4 is 10.1 Å². The Bertz CT molecular complexity index is 561. The summed E-state index contributed by atoms with van der Waals surface area (Å²) >= 11 is 0. The molecule has 0 atom stereocenters. The third-order valence-electron chi connectivity index (χ3n) is 4.01. The van der Waals surface area contributed by atoms with E-state index in [0.717, 1.165) is 11.3 Å². The highest BCUT2D eigenvalue weighted by Crippen LogP contribution is 2.21. The van der Waals surface area contributed by atoms with Gasteiger partial charge in [-0.25, -0.2) is 4.79 Å². The second-order valence-corrected chi connectivity index (χ2v) is 6.57. The van der Waals surface area contributed by atoms with Crippen molar-refractivity contribution in [3.63, 3.8) is 0 Å². The summed E-state index contributed by atoms with van der Waals surface area (Å²) < 4.78 is 10.8. The Balaban J connectivity index is 1.92. The molecule has 2 N–H and O–H groups in total. The Kier molecular flexibility index (Phi) is 6.20. The Morgan fingerprint density at radius 3 is 2.42 bits per heavy atom. The number of carbonyl (C=O) groups excluding carboxylic acids is 1. The number of benzene rings is 1. The quantitative estimate of drug-likeness (QED) is 0.796. The van der Waals surface area contributed by atoms with Crippen molar-refractivity contribution in [1.82, 2.24) is 5.32 Å². The van der Waals surface area contributed by atoms with E-state index in [1.54, 1.807) is 0 Å². The fourth-order valence-electron chi connectivity index (χ4n) is 2.58. The van der Waals surface area contributed by atoms with E-state index < -0.39 is 11.5 Å². The van der Waals surface area contributed by atoms with E-state index in [-0.39, 0.29) is 25.2 Å². The Morgan fingerprint density at radius 2 is 1.88 bits per heavy atom. The van der Waals surface area contributed by atoms with Crippen LogP contribution >= 0.6 is 0 Å². The predicted octanol–water partition coefficient (Wildman–Crippen LogP) is 2.01. The predicted molar refractivity (Wildman–Crippen MR) is 89.0 cm³/mol. The molecule has 6 nitrogen and oxygen atoms in total. The van der Waals surface area contributed by atoms with Gasteiger partial charge in [0.25, 0.3) is 0 Å². The topological polar surface area (TPSA) is 84.9 Å². The number of carbonyl (C=O) groups is 2. The summed E-state index contributed by atoms with van der Waals surface area (Å²) in [7, 11) is 0. The number of amides is 1. The molecule has 1 aliphatic rings. The van der Waals surface area contributed by atoms with Crippen molar-refractivity contribution >= 4 is 11.9 Å². The van der Waals surface area contributed by atoms with Crippen LogP contribution in [0.2, 0.25) is 0 Å². The molecule has 0 unspecified atom stereocenters. The molecule has 0 radical (unpaired) electrons. The van der Waals surface area contributed by atoms with Crippen molar-refractivity contribution in [3.8, 4) is 5.75 Å². The lowest BCUT2D eigenvalue weighted by Crippen LogP contribution is -2.57. The lowest BCUT2D eigenvalue weighted by atomic mass is 9.90. The lowest BCUT2D eigenvalue weighted by molar-refractivity contribution is -0.152. The van der Waals surface area contributed by atoms with Crippen LogP contribution in [-0.4, -0.2) is 42.3 Å². The van der Waals surface area contributed by atoms with E-state index in [0.29, 0.717) is 25.7 Å². The fraction of sp³-hybridized carbons (Fsp3) is 0.556. The molecule has 0 aromatic heterocycles. The molecule has 132 valence electrons. The first kappa shape index (κ1) is 18.3. The molecular weight excluding hydrogens is 310 g/mol. The summed E-state index contributed by atoms with van der Waals surface area (Å²) in [6.07, 6.45) is 0.715. The zero-order chi connectivity index (χ0) is 17.6. The van der Waals surface area contributed by atoms with Gasteiger partial charge in [-0.15, -0.1) is 0 Å². The molecule has 1 fully saturated rings. The Hall–Kier alpha value is -2.08. The van der Waals surface area contributed by atoms with Crippen LogP contribution in [0, 0.1) is 5.92 Å². The van der Waals surface area contributed by atoms with Crippen molar-refractivity contribution in [3.05, 3.63) is 29.8 Å². The minimum Gasteiger partial charge on any atom is -0.493 e. The normalized spacial score (nSPS) is 16.6. The monoisotopic (exact) mass is 335 g/mol. The van der Waals surface area contributed by atoms with Crippen LogP contribution in [0.25, 0.3) is 0 Å². The van der Waals surface area contributed by atoms with E-state index >= 15 is 0 Å². The van der Waals surface area contributed by atoms with Gasteiger partial charge < -0.3 is 19.9 Å². The number of nitrogens with one attached hydrogen (secondary N) is 1. The van der Waals surface area contributed by atoms with E-state index in [2.05, 4.69) is 19.2 Å². The van der Waals surface area contributed by atoms with Gasteiger partial charge in [0.15, 0.2) is 0 Å². The maximum atomic E-state index is 12.2. The fourth-order valence-corrected chi connectivity index (χ4v) is 2.58. The largest absolute Gasteiger partial charge is 0.493 e. The molecule has 0 bridgehead atoms. The van der Waals surface area contributed by atoms with Gasteiger partial charge in [-0.3, -0.25) is 4.79 Å². The average molecular weight is 335 g/mol. The van der Waals surface area contributed by atoms with E-state index in [9.17, 15) is 14.7 Å². The van der Waals surface area contributed by atoms with E-state index in [1.807, 2.05) is 24.3 Å². The maximum Gasteiger partial charge on any atom is 0.329 e. The van der Waals surface area contributed by atoms with Gasteiger partial charge in [-0.05, 0) is 23.6 Å². The van der Waals surface area contributed by atoms with Crippen LogP contribution in [0.5, 0.6) is 5.75 Å². The molecule has 2 rings (SSSR count). The summed E-state index contributed by atoms with van der Waals surface area (Å²) in [4.78, 5) is 23.8. The lowest BCUT2D eigenvalue weighted by Gasteiger charge is -2.33. The average Bonchev–Trinajstić information content (AvgIpc) is 2.54. The Morgan fingerprint density at radius 1 is 1.25 bits per heavy atom. The van der Waals surface area contributed by atoms with Crippen LogP contribution in [0.1, 0.15) is 32.3 Å². The second kappa shape index (κ2) is 8.15. The maximum absolute atomic E-state index is 12.2. The number of aliphatic carboxylic acids is 1. The van der Waals surface area contributed by atoms with Gasteiger partial charge in [0.1, 0.15) is 11.3 Å². The summed E-state index contributed by atoms with van der Waals surface area (Å²) in [5.74, 6) is -0.0897. The standard InChI is InChI=1S/C18H25NO5/c1-13(2)12-24-15-5-3-14(4-6-15)11-16(20)19-18(17(21)22)7-9-23-10-8-18/h3-6,13H,7-12H2,1-2H3,(H,19,20)(H,21,22). The van der Waals surface area contributed by atoms with Crippen molar-refractivity contribution < 1.29 is 24.2 Å². The molecule has 1 aromatic carbocycles. The van der Waals surface area contributed by atoms with E-state index in [1.165, 1.54) is 0 Å². The summed E-state index contributed by atoms with van der Waals surface area (Å²) in [6, 6.07) is 7.30. The number of ether oxygens (including phenoxy) is 2. The molecule has 0 spiro atoms. The summed E-state index contributed by atoms with van der Waals surface area (Å²) in [5.41, 5.74) is -0.396. The van der Waals surface area contributed by atoms with Crippen LogP contribution in [0.3, 0.4) is 0 Å². The van der Waals surface area contributed by atoms with Crippen LogP contribution in [-0.2, 0) is 20.7 Å². The van der Waals surface area contributed by atoms with Crippen molar-refractivity contribution in [2.45, 2.75) is 38.6 Å². The van der Waals surface area contributed by atoms with E-state index in [4.69, 9.17) is 9.47 Å². The molecule has 0 saturated carbocycles. The zero-order valence-corrected chi connectivity index (χ0v) is 14.2.